The minimum atomic E-state index is -1.28. The van der Waals surface area contributed by atoms with Crippen molar-refractivity contribution in [3.63, 3.8) is 0 Å². The van der Waals surface area contributed by atoms with E-state index in [-0.39, 0.29) is 22.0 Å². The summed E-state index contributed by atoms with van der Waals surface area (Å²) < 4.78 is 17.0. The van der Waals surface area contributed by atoms with Gasteiger partial charge in [0, 0.05) is 0 Å². The Hall–Kier alpha value is -1.84. The van der Waals surface area contributed by atoms with Crippen LogP contribution in [0.1, 0.15) is 13.8 Å². The number of thioether (sulfide) groups is 1. The Morgan fingerprint density at radius 3 is 2.79 bits per heavy atom. The number of carboxylic acids is 1. The van der Waals surface area contributed by atoms with Gasteiger partial charge in [0.05, 0.1) is 28.1 Å². The van der Waals surface area contributed by atoms with E-state index >= 15 is 0 Å². The van der Waals surface area contributed by atoms with E-state index in [1.54, 1.807) is 18.2 Å². The molecule has 0 radical (unpaired) electrons. The maximum atomic E-state index is 12.1. The minimum absolute atomic E-state index is 0.0816. The number of aliphatic hydroxyl groups excluding tert-OH is 1. The number of fused-ring (bicyclic) bond motifs is 1. The third-order valence-electron chi connectivity index (χ3n) is 3.98. The van der Waals surface area contributed by atoms with Gasteiger partial charge in [0.25, 0.3) is 0 Å². The number of nitrogens with zero attached hydrogens (tertiary/aromatic N) is 1. The van der Waals surface area contributed by atoms with Crippen molar-refractivity contribution >= 4 is 39.8 Å². The van der Waals surface area contributed by atoms with E-state index in [0.717, 1.165) is 22.2 Å². The van der Waals surface area contributed by atoms with E-state index in [0.29, 0.717) is 4.86 Å². The summed E-state index contributed by atoms with van der Waals surface area (Å²) in [5.41, 5.74) is 0.662. The van der Waals surface area contributed by atoms with Crippen LogP contribution in [0, 0.1) is 5.92 Å². The van der Waals surface area contributed by atoms with Gasteiger partial charge >= 0.3 is 5.97 Å². The molecule has 1 saturated heterocycles. The highest BCUT2D eigenvalue weighted by Gasteiger charge is 2.58. The molecule has 2 N–H and O–H groups in total. The molecule has 4 atom stereocenters. The first kappa shape index (κ1) is 17.0. The Morgan fingerprint density at radius 1 is 1.50 bits per heavy atom. The standard InChI is InChI=1S/C15H15NO6S2/c1-6-3-4-8(9(5-6)24-21)22-15-11(14(19)20)16-12(18)10(7(2)17)13(16)23-15/h3-5,7-8,10,13,17H,1-2H3,(H,19,20)/t7-,8?,10+,13?/m1/s1. The van der Waals surface area contributed by atoms with E-state index in [1.165, 1.54) is 6.92 Å². The van der Waals surface area contributed by atoms with Crippen molar-refractivity contribution in [2.24, 2.45) is 5.92 Å². The second-order valence-corrected chi connectivity index (χ2v) is 7.42. The van der Waals surface area contributed by atoms with Crippen LogP contribution in [0.15, 0.2) is 34.6 Å². The fourth-order valence-corrected chi connectivity index (χ4v) is 4.74. The average molecular weight is 369 g/mol. The van der Waals surface area contributed by atoms with E-state index in [4.69, 9.17) is 4.74 Å². The van der Waals surface area contributed by atoms with Crippen molar-refractivity contribution in [3.05, 3.63) is 34.6 Å². The summed E-state index contributed by atoms with van der Waals surface area (Å²) in [6.45, 7) is 3.34. The van der Waals surface area contributed by atoms with E-state index in [2.05, 4.69) is 0 Å². The monoisotopic (exact) mass is 369 g/mol. The van der Waals surface area contributed by atoms with Crippen molar-refractivity contribution in [1.29, 1.82) is 0 Å². The van der Waals surface area contributed by atoms with Crippen LogP contribution in [0.4, 0.5) is 0 Å². The molecule has 0 aromatic rings. The zero-order valence-electron chi connectivity index (χ0n) is 12.8. The fraction of sp³-hybridized carbons (Fsp3) is 0.400. The molecule has 2 heterocycles. The van der Waals surface area contributed by atoms with Gasteiger partial charge in [0.1, 0.15) is 5.37 Å². The van der Waals surface area contributed by atoms with Crippen LogP contribution in [0.3, 0.4) is 0 Å². The van der Waals surface area contributed by atoms with Gasteiger partial charge in [-0.05, 0) is 31.6 Å². The highest BCUT2D eigenvalue weighted by atomic mass is 32.2. The van der Waals surface area contributed by atoms with Crippen LogP contribution in [-0.4, -0.2) is 53.6 Å². The molecule has 2 aliphatic heterocycles. The predicted molar refractivity (Wildman–Crippen MR) is 89.0 cm³/mol. The van der Waals surface area contributed by atoms with Crippen molar-refractivity contribution in [2.45, 2.75) is 31.4 Å². The lowest BCUT2D eigenvalue weighted by Crippen LogP contribution is -2.60. The Morgan fingerprint density at radius 2 is 2.21 bits per heavy atom. The second-order valence-electron chi connectivity index (χ2n) is 5.70. The second kappa shape index (κ2) is 6.23. The van der Waals surface area contributed by atoms with Gasteiger partial charge in [0.2, 0.25) is 5.91 Å². The van der Waals surface area contributed by atoms with Crippen LogP contribution < -0.4 is 0 Å². The number of hydrogen-bond donors (Lipinski definition) is 2. The first-order valence-electron chi connectivity index (χ1n) is 7.20. The topological polar surface area (TPSA) is 104 Å². The van der Waals surface area contributed by atoms with Crippen molar-refractivity contribution in [2.75, 3.05) is 0 Å². The average Bonchev–Trinajstić information content (AvgIpc) is 2.83. The Kier molecular flexibility index (Phi) is 4.41. The molecule has 3 aliphatic rings. The van der Waals surface area contributed by atoms with Gasteiger partial charge in [-0.1, -0.05) is 17.8 Å². The van der Waals surface area contributed by atoms with Crippen LogP contribution in [-0.2, 0) is 25.6 Å². The van der Waals surface area contributed by atoms with Gasteiger partial charge in [0.15, 0.2) is 16.9 Å². The highest BCUT2D eigenvalue weighted by Crippen LogP contribution is 2.51. The molecule has 9 heteroatoms. The predicted octanol–water partition coefficient (Wildman–Crippen LogP) is 0.439. The fourth-order valence-electron chi connectivity index (χ4n) is 2.81. The summed E-state index contributed by atoms with van der Waals surface area (Å²) in [7, 11) is 0. The molecule has 24 heavy (non-hydrogen) atoms. The summed E-state index contributed by atoms with van der Waals surface area (Å²) in [4.78, 5) is 25.2. The van der Waals surface area contributed by atoms with Crippen molar-refractivity contribution in [3.8, 4) is 0 Å². The lowest BCUT2D eigenvalue weighted by molar-refractivity contribution is -0.156. The molecule has 0 saturated carbocycles. The molecular weight excluding hydrogens is 354 g/mol. The number of carbonyl (C=O) groups is 2. The Labute approximate surface area is 145 Å². The number of carboxylic acid groups (broad SMARTS) is 1. The number of allylic oxidation sites excluding steroid dienone is 2. The van der Waals surface area contributed by atoms with Crippen molar-refractivity contribution in [1.82, 2.24) is 4.90 Å². The van der Waals surface area contributed by atoms with Gasteiger partial charge < -0.3 is 14.9 Å². The molecular formula is C15H15NO6S2. The SMILES string of the molecule is CC1=CC(=S=O)C(OC2=C(C(=O)O)N3C(=O)[C@H]([C@@H](C)O)C3S2)C=C1. The van der Waals surface area contributed by atoms with Crippen LogP contribution in [0.5, 0.6) is 0 Å². The summed E-state index contributed by atoms with van der Waals surface area (Å²) >= 11 is 1.37. The number of rotatable bonds is 4. The quantitative estimate of drug-likeness (QED) is 0.547. The summed E-state index contributed by atoms with van der Waals surface area (Å²) in [6, 6.07) is 0. The number of aliphatic carboxylic acids is 1. The minimum Gasteiger partial charge on any atom is -0.476 e. The van der Waals surface area contributed by atoms with Crippen molar-refractivity contribution < 1.29 is 28.7 Å². The molecule has 0 bridgehead atoms. The number of amides is 1. The lowest BCUT2D eigenvalue weighted by atomic mass is 9.92. The van der Waals surface area contributed by atoms with Crippen LogP contribution >= 0.6 is 11.8 Å². The van der Waals surface area contributed by atoms with Crippen LogP contribution in [0.2, 0.25) is 0 Å². The molecule has 3 rings (SSSR count). The highest BCUT2D eigenvalue weighted by molar-refractivity contribution is 8.03. The summed E-state index contributed by atoms with van der Waals surface area (Å²) in [5.74, 6) is -2.37. The molecule has 2 unspecified atom stereocenters. The lowest BCUT2D eigenvalue weighted by Gasteiger charge is -2.43. The summed E-state index contributed by atoms with van der Waals surface area (Å²) in [6.07, 6.45) is 3.57. The number of ether oxygens (including phenoxy) is 1. The van der Waals surface area contributed by atoms with Crippen LogP contribution in [0.25, 0.3) is 0 Å². The largest absolute Gasteiger partial charge is 0.476 e. The number of hydrogen-bond acceptors (Lipinski definition) is 6. The first-order chi connectivity index (χ1) is 11.3. The third-order valence-corrected chi connectivity index (χ3v) is 5.77. The third kappa shape index (κ3) is 2.62. The molecule has 0 aromatic carbocycles. The van der Waals surface area contributed by atoms with E-state index in [1.807, 2.05) is 6.92 Å². The maximum Gasteiger partial charge on any atom is 0.357 e. The molecule has 1 amide bonds. The summed E-state index contributed by atoms with van der Waals surface area (Å²) in [5, 5.41) is 18.7. The van der Waals surface area contributed by atoms with Gasteiger partial charge in [-0.2, -0.15) is 0 Å². The zero-order chi connectivity index (χ0) is 17.6. The molecule has 1 aliphatic carbocycles. The van der Waals surface area contributed by atoms with E-state index in [9.17, 15) is 24.0 Å². The van der Waals surface area contributed by atoms with Gasteiger partial charge in [-0.15, -0.1) is 0 Å². The normalized spacial score (nSPS) is 29.9. The molecule has 0 spiro atoms. The maximum absolute atomic E-state index is 12.1. The van der Waals surface area contributed by atoms with E-state index < -0.39 is 35.4 Å². The van der Waals surface area contributed by atoms with Gasteiger partial charge in [-0.25, -0.2) is 9.00 Å². The first-order valence-corrected chi connectivity index (χ1v) is 8.82. The molecule has 1 fully saturated rings. The molecule has 0 aromatic heterocycles. The van der Waals surface area contributed by atoms with Gasteiger partial charge in [-0.3, -0.25) is 9.69 Å². The smallest absolute Gasteiger partial charge is 0.357 e. The molecule has 128 valence electrons. The number of aliphatic hydroxyl groups is 1. The molecule has 7 nitrogen and oxygen atoms in total. The number of carbonyl (C=O) groups excluding carboxylic acids is 1. The number of β-lactam (4-membered cyclic amide) rings is 1. The Balaban J connectivity index is 1.88. The Bertz CT molecular complexity index is 762. The zero-order valence-corrected chi connectivity index (χ0v) is 14.5.